The SMILES string of the molecule is CCCCC[C@@H](C)NC(=O)CCCC(=O)[O-]. The molecule has 4 nitrogen and oxygen atoms in total. The third-order valence-corrected chi connectivity index (χ3v) is 2.43. The van der Waals surface area contributed by atoms with Gasteiger partial charge in [0, 0.05) is 18.4 Å². The Kier molecular flexibility index (Phi) is 8.58. The molecule has 0 aliphatic rings. The summed E-state index contributed by atoms with van der Waals surface area (Å²) in [5, 5.41) is 13.0. The Hall–Kier alpha value is -1.06. The third-order valence-electron chi connectivity index (χ3n) is 2.43. The molecule has 94 valence electrons. The van der Waals surface area contributed by atoms with Crippen LogP contribution in [0.15, 0.2) is 0 Å². The predicted molar refractivity (Wildman–Crippen MR) is 60.6 cm³/mol. The highest BCUT2D eigenvalue weighted by Crippen LogP contribution is 2.03. The molecule has 0 bridgehead atoms. The number of aliphatic carboxylic acids is 1. The van der Waals surface area contributed by atoms with Crippen molar-refractivity contribution in [2.45, 2.75) is 64.8 Å². The lowest BCUT2D eigenvalue weighted by molar-refractivity contribution is -0.305. The van der Waals surface area contributed by atoms with Crippen LogP contribution in [0.25, 0.3) is 0 Å². The number of carbonyl (C=O) groups excluding carboxylic acids is 2. The quantitative estimate of drug-likeness (QED) is 0.598. The maximum Gasteiger partial charge on any atom is 0.220 e. The second-order valence-corrected chi connectivity index (χ2v) is 4.19. The molecule has 16 heavy (non-hydrogen) atoms. The summed E-state index contributed by atoms with van der Waals surface area (Å²) in [4.78, 5) is 21.5. The van der Waals surface area contributed by atoms with Crippen molar-refractivity contribution in [3.05, 3.63) is 0 Å². The van der Waals surface area contributed by atoms with Crippen molar-refractivity contribution in [1.29, 1.82) is 0 Å². The zero-order valence-electron chi connectivity index (χ0n) is 10.3. The molecule has 1 atom stereocenters. The smallest absolute Gasteiger partial charge is 0.220 e. The number of amides is 1. The first kappa shape index (κ1) is 14.9. The molecule has 0 spiro atoms. The van der Waals surface area contributed by atoms with Gasteiger partial charge in [-0.25, -0.2) is 0 Å². The second-order valence-electron chi connectivity index (χ2n) is 4.19. The van der Waals surface area contributed by atoms with Crippen molar-refractivity contribution in [3.8, 4) is 0 Å². The number of carboxylic acids is 1. The largest absolute Gasteiger partial charge is 0.550 e. The van der Waals surface area contributed by atoms with Gasteiger partial charge in [0.05, 0.1) is 0 Å². The normalized spacial score (nSPS) is 12.1. The van der Waals surface area contributed by atoms with E-state index in [1.807, 2.05) is 6.92 Å². The molecule has 4 heteroatoms. The number of carboxylic acid groups (broad SMARTS) is 1. The number of hydrogen-bond acceptors (Lipinski definition) is 3. The van der Waals surface area contributed by atoms with Crippen LogP contribution in [0.1, 0.15) is 58.8 Å². The van der Waals surface area contributed by atoms with E-state index in [2.05, 4.69) is 12.2 Å². The highest BCUT2D eigenvalue weighted by Gasteiger charge is 2.06. The molecule has 0 unspecified atom stereocenters. The van der Waals surface area contributed by atoms with Crippen LogP contribution in [0, 0.1) is 0 Å². The lowest BCUT2D eigenvalue weighted by Crippen LogP contribution is -2.32. The molecule has 0 aliphatic carbocycles. The molecule has 0 aliphatic heterocycles. The van der Waals surface area contributed by atoms with E-state index in [1.54, 1.807) is 0 Å². The number of unbranched alkanes of at least 4 members (excludes halogenated alkanes) is 2. The summed E-state index contributed by atoms with van der Waals surface area (Å²) in [6.07, 6.45) is 5.05. The molecule has 0 heterocycles. The van der Waals surface area contributed by atoms with E-state index in [0.717, 1.165) is 12.8 Å². The van der Waals surface area contributed by atoms with Gasteiger partial charge in [0.2, 0.25) is 5.91 Å². The Labute approximate surface area is 97.4 Å². The van der Waals surface area contributed by atoms with Gasteiger partial charge in [-0.05, 0) is 26.2 Å². The van der Waals surface area contributed by atoms with Gasteiger partial charge in [0.1, 0.15) is 0 Å². The first-order valence-corrected chi connectivity index (χ1v) is 6.05. The fraction of sp³-hybridized carbons (Fsp3) is 0.833. The minimum absolute atomic E-state index is 0.0440. The van der Waals surface area contributed by atoms with Crippen LogP contribution < -0.4 is 10.4 Å². The lowest BCUT2D eigenvalue weighted by Gasteiger charge is -2.13. The van der Waals surface area contributed by atoms with Gasteiger partial charge in [-0.15, -0.1) is 0 Å². The molecule has 1 N–H and O–H groups in total. The maximum absolute atomic E-state index is 11.3. The van der Waals surface area contributed by atoms with Crippen LogP contribution in [-0.2, 0) is 9.59 Å². The molecular weight excluding hydrogens is 206 g/mol. The van der Waals surface area contributed by atoms with Crippen molar-refractivity contribution in [1.82, 2.24) is 5.32 Å². The van der Waals surface area contributed by atoms with E-state index in [1.165, 1.54) is 12.8 Å². The van der Waals surface area contributed by atoms with Gasteiger partial charge in [0.25, 0.3) is 0 Å². The lowest BCUT2D eigenvalue weighted by atomic mass is 10.1. The van der Waals surface area contributed by atoms with Gasteiger partial charge in [-0.2, -0.15) is 0 Å². The molecule has 0 aromatic carbocycles. The summed E-state index contributed by atoms with van der Waals surface area (Å²) in [7, 11) is 0. The monoisotopic (exact) mass is 228 g/mol. The maximum atomic E-state index is 11.3. The van der Waals surface area contributed by atoms with Crippen molar-refractivity contribution < 1.29 is 14.7 Å². The number of hydrogen-bond donors (Lipinski definition) is 1. The van der Waals surface area contributed by atoms with E-state index in [0.29, 0.717) is 6.42 Å². The first-order valence-electron chi connectivity index (χ1n) is 6.05. The predicted octanol–water partition coefficient (Wildman–Crippen LogP) is 0.992. The molecule has 0 fully saturated rings. The molecule has 0 radical (unpaired) electrons. The summed E-state index contributed by atoms with van der Waals surface area (Å²) in [6, 6.07) is 0.182. The van der Waals surface area contributed by atoms with E-state index in [-0.39, 0.29) is 24.8 Å². The standard InChI is InChI=1S/C12H23NO3/c1-3-4-5-7-10(2)13-11(14)8-6-9-12(15)16/h10H,3-9H2,1-2H3,(H,13,14)(H,15,16)/p-1/t10-/m1/s1. The van der Waals surface area contributed by atoms with Crippen molar-refractivity contribution in [2.75, 3.05) is 0 Å². The molecule has 0 rings (SSSR count). The Morgan fingerprint density at radius 1 is 1.19 bits per heavy atom. The van der Waals surface area contributed by atoms with E-state index in [9.17, 15) is 14.7 Å². The third kappa shape index (κ3) is 9.49. The van der Waals surface area contributed by atoms with Crippen LogP contribution >= 0.6 is 0 Å². The van der Waals surface area contributed by atoms with E-state index < -0.39 is 5.97 Å². The minimum atomic E-state index is -1.09. The van der Waals surface area contributed by atoms with E-state index in [4.69, 9.17) is 0 Å². The average molecular weight is 228 g/mol. The van der Waals surface area contributed by atoms with Crippen molar-refractivity contribution in [3.63, 3.8) is 0 Å². The highest BCUT2D eigenvalue weighted by molar-refractivity contribution is 5.76. The number of nitrogens with one attached hydrogen (secondary N) is 1. The highest BCUT2D eigenvalue weighted by atomic mass is 16.4. The summed E-state index contributed by atoms with van der Waals surface area (Å²) < 4.78 is 0. The average Bonchev–Trinajstić information content (AvgIpc) is 2.17. The van der Waals surface area contributed by atoms with Crippen LogP contribution in [-0.4, -0.2) is 17.9 Å². The number of carbonyl (C=O) groups is 2. The van der Waals surface area contributed by atoms with E-state index >= 15 is 0 Å². The zero-order valence-corrected chi connectivity index (χ0v) is 10.3. The summed E-state index contributed by atoms with van der Waals surface area (Å²) in [6.45, 7) is 4.12. The van der Waals surface area contributed by atoms with Gasteiger partial charge in [0.15, 0.2) is 0 Å². The fourth-order valence-corrected chi connectivity index (χ4v) is 1.51. The van der Waals surface area contributed by atoms with Gasteiger partial charge < -0.3 is 15.2 Å². The van der Waals surface area contributed by atoms with Crippen LogP contribution in [0.2, 0.25) is 0 Å². The Morgan fingerprint density at radius 3 is 2.44 bits per heavy atom. The topological polar surface area (TPSA) is 69.2 Å². The van der Waals surface area contributed by atoms with Gasteiger partial charge >= 0.3 is 0 Å². The molecular formula is C12H22NO3-. The Balaban J connectivity index is 3.50. The summed E-state index contributed by atoms with van der Waals surface area (Å²) in [5.41, 5.74) is 0. The minimum Gasteiger partial charge on any atom is -0.550 e. The molecule has 0 aromatic rings. The van der Waals surface area contributed by atoms with Gasteiger partial charge in [-0.3, -0.25) is 4.79 Å². The Bertz CT molecular complexity index is 216. The van der Waals surface area contributed by atoms with Crippen molar-refractivity contribution >= 4 is 11.9 Å². The molecule has 0 saturated heterocycles. The number of rotatable bonds is 9. The van der Waals surface area contributed by atoms with Crippen LogP contribution in [0.4, 0.5) is 0 Å². The van der Waals surface area contributed by atoms with Crippen LogP contribution in [0.5, 0.6) is 0 Å². The van der Waals surface area contributed by atoms with Crippen LogP contribution in [0.3, 0.4) is 0 Å². The fourth-order valence-electron chi connectivity index (χ4n) is 1.51. The summed E-state index contributed by atoms with van der Waals surface area (Å²) >= 11 is 0. The Morgan fingerprint density at radius 2 is 1.88 bits per heavy atom. The molecule has 1 amide bonds. The first-order chi connectivity index (χ1) is 7.56. The second kappa shape index (κ2) is 9.19. The molecule has 0 aromatic heterocycles. The summed E-state index contributed by atoms with van der Waals surface area (Å²) in [5.74, 6) is -1.16. The van der Waals surface area contributed by atoms with Crippen molar-refractivity contribution in [2.24, 2.45) is 0 Å². The zero-order chi connectivity index (χ0) is 12.4. The molecule has 0 saturated carbocycles. The van der Waals surface area contributed by atoms with Gasteiger partial charge in [-0.1, -0.05) is 26.2 Å².